The molecule has 110 valence electrons. The van der Waals surface area contributed by atoms with Gasteiger partial charge in [-0.3, -0.25) is 0 Å². The van der Waals surface area contributed by atoms with Crippen LogP contribution in [0, 0.1) is 0 Å². The lowest BCUT2D eigenvalue weighted by Crippen LogP contribution is -2.43. The van der Waals surface area contributed by atoms with Crippen LogP contribution in [-0.4, -0.2) is 36.4 Å². The molecule has 0 aliphatic carbocycles. The molecule has 0 spiro atoms. The van der Waals surface area contributed by atoms with Crippen molar-refractivity contribution >= 4 is 28.9 Å². The van der Waals surface area contributed by atoms with Crippen LogP contribution in [0.5, 0.6) is 11.5 Å². The summed E-state index contributed by atoms with van der Waals surface area (Å²) >= 11 is 11.7. The van der Waals surface area contributed by atoms with E-state index in [4.69, 9.17) is 27.9 Å². The summed E-state index contributed by atoms with van der Waals surface area (Å²) in [5.74, 6) is 1.08. The molecular weight excluding hydrogens is 311 g/mol. The standard InChI is InChI=1S/C14H14Cl2N4O/c15-13-9-12(14(16)19-18-13)21-11-3-1-10(2-4-11)20-7-5-17-6-8-20/h1-4,9,17H,5-8H2. The highest BCUT2D eigenvalue weighted by atomic mass is 35.5. The number of nitrogens with zero attached hydrogens (tertiary/aromatic N) is 3. The lowest BCUT2D eigenvalue weighted by atomic mass is 10.2. The van der Waals surface area contributed by atoms with E-state index < -0.39 is 0 Å². The van der Waals surface area contributed by atoms with Gasteiger partial charge in [0.05, 0.1) is 0 Å². The maximum atomic E-state index is 5.93. The minimum Gasteiger partial charge on any atom is -0.454 e. The van der Waals surface area contributed by atoms with Gasteiger partial charge in [-0.25, -0.2) is 0 Å². The first-order valence-electron chi connectivity index (χ1n) is 6.65. The lowest BCUT2D eigenvalue weighted by Gasteiger charge is -2.29. The molecule has 0 bridgehead atoms. The Hall–Kier alpha value is -1.56. The number of piperazine rings is 1. The zero-order chi connectivity index (χ0) is 14.7. The molecule has 1 aromatic heterocycles. The fourth-order valence-electron chi connectivity index (χ4n) is 2.18. The molecule has 1 saturated heterocycles. The molecule has 2 heterocycles. The summed E-state index contributed by atoms with van der Waals surface area (Å²) in [6.07, 6.45) is 0. The molecule has 3 rings (SSSR count). The number of benzene rings is 1. The van der Waals surface area contributed by atoms with Gasteiger partial charge in [0, 0.05) is 37.9 Å². The van der Waals surface area contributed by atoms with E-state index in [1.165, 1.54) is 5.69 Å². The molecule has 1 N–H and O–H groups in total. The lowest BCUT2D eigenvalue weighted by molar-refractivity contribution is 0.478. The van der Waals surface area contributed by atoms with Gasteiger partial charge in [0.1, 0.15) is 5.75 Å². The first-order valence-corrected chi connectivity index (χ1v) is 7.40. The maximum Gasteiger partial charge on any atom is 0.194 e. The van der Waals surface area contributed by atoms with Crippen molar-refractivity contribution in [3.05, 3.63) is 40.6 Å². The van der Waals surface area contributed by atoms with E-state index in [0.29, 0.717) is 11.5 Å². The third-order valence-corrected chi connectivity index (χ3v) is 3.68. The van der Waals surface area contributed by atoms with Gasteiger partial charge in [-0.2, -0.15) is 0 Å². The van der Waals surface area contributed by atoms with Gasteiger partial charge in [-0.1, -0.05) is 23.2 Å². The molecule has 1 aliphatic heterocycles. The minimum absolute atomic E-state index is 0.186. The van der Waals surface area contributed by atoms with Crippen molar-refractivity contribution in [1.29, 1.82) is 0 Å². The molecule has 1 fully saturated rings. The molecule has 1 aliphatic rings. The van der Waals surface area contributed by atoms with E-state index in [1.807, 2.05) is 24.3 Å². The fraction of sp³-hybridized carbons (Fsp3) is 0.286. The summed E-state index contributed by atoms with van der Waals surface area (Å²) in [4.78, 5) is 2.33. The number of hydrogen-bond acceptors (Lipinski definition) is 5. The highest BCUT2D eigenvalue weighted by Gasteiger charge is 2.11. The van der Waals surface area contributed by atoms with Crippen molar-refractivity contribution in [3.8, 4) is 11.5 Å². The second-order valence-corrected chi connectivity index (χ2v) is 5.40. The molecule has 0 radical (unpaired) electrons. The number of halogens is 2. The number of rotatable bonds is 3. The first kappa shape index (κ1) is 14.4. The number of nitrogens with one attached hydrogen (secondary N) is 1. The summed E-state index contributed by atoms with van der Waals surface area (Å²) in [7, 11) is 0. The van der Waals surface area contributed by atoms with Crippen LogP contribution in [0.1, 0.15) is 0 Å². The van der Waals surface area contributed by atoms with Gasteiger partial charge >= 0.3 is 0 Å². The zero-order valence-corrected chi connectivity index (χ0v) is 12.7. The number of anilines is 1. The van der Waals surface area contributed by atoms with Crippen LogP contribution in [0.2, 0.25) is 10.3 Å². The Morgan fingerprint density at radius 2 is 1.76 bits per heavy atom. The van der Waals surface area contributed by atoms with Crippen LogP contribution in [0.3, 0.4) is 0 Å². The number of hydrogen-bond donors (Lipinski definition) is 1. The quantitative estimate of drug-likeness (QED) is 0.940. The Bertz CT molecular complexity index is 615. The van der Waals surface area contributed by atoms with Crippen molar-refractivity contribution in [3.63, 3.8) is 0 Å². The van der Waals surface area contributed by atoms with Crippen LogP contribution in [0.4, 0.5) is 5.69 Å². The van der Waals surface area contributed by atoms with E-state index in [9.17, 15) is 0 Å². The third kappa shape index (κ3) is 3.56. The molecule has 1 aromatic carbocycles. The Morgan fingerprint density at radius 3 is 2.48 bits per heavy atom. The molecule has 0 atom stereocenters. The molecule has 0 saturated carbocycles. The van der Waals surface area contributed by atoms with Gasteiger partial charge in [0.15, 0.2) is 16.1 Å². The Labute approximate surface area is 132 Å². The maximum absolute atomic E-state index is 5.93. The molecule has 7 heteroatoms. The first-order chi connectivity index (χ1) is 10.2. The van der Waals surface area contributed by atoms with Crippen molar-refractivity contribution < 1.29 is 4.74 Å². The smallest absolute Gasteiger partial charge is 0.194 e. The van der Waals surface area contributed by atoms with E-state index >= 15 is 0 Å². The van der Waals surface area contributed by atoms with Crippen LogP contribution in [0.25, 0.3) is 0 Å². The fourth-order valence-corrected chi connectivity index (χ4v) is 2.45. The largest absolute Gasteiger partial charge is 0.454 e. The summed E-state index contributed by atoms with van der Waals surface area (Å²) in [5.41, 5.74) is 1.18. The van der Waals surface area contributed by atoms with Crippen LogP contribution < -0.4 is 15.0 Å². The third-order valence-electron chi connectivity index (χ3n) is 3.23. The normalized spacial score (nSPS) is 15.0. The second kappa shape index (κ2) is 6.47. The van der Waals surface area contributed by atoms with E-state index in [1.54, 1.807) is 6.07 Å². The van der Waals surface area contributed by atoms with E-state index in [-0.39, 0.29) is 10.3 Å². The predicted molar refractivity (Wildman–Crippen MR) is 83.7 cm³/mol. The van der Waals surface area contributed by atoms with Crippen LogP contribution in [0.15, 0.2) is 30.3 Å². The summed E-state index contributed by atoms with van der Waals surface area (Å²) in [5, 5.41) is 11.1. The average molecular weight is 325 g/mol. The second-order valence-electron chi connectivity index (χ2n) is 4.66. The average Bonchev–Trinajstić information content (AvgIpc) is 2.53. The molecular formula is C14H14Cl2N4O. The van der Waals surface area contributed by atoms with Crippen molar-refractivity contribution in [2.24, 2.45) is 0 Å². The van der Waals surface area contributed by atoms with Gasteiger partial charge in [0.25, 0.3) is 0 Å². The topological polar surface area (TPSA) is 50.3 Å². The molecule has 0 unspecified atom stereocenters. The van der Waals surface area contributed by atoms with Crippen molar-refractivity contribution in [2.45, 2.75) is 0 Å². The van der Waals surface area contributed by atoms with Crippen LogP contribution in [-0.2, 0) is 0 Å². The Balaban J connectivity index is 1.73. The molecule has 0 amide bonds. The summed E-state index contributed by atoms with van der Waals surface area (Å²) < 4.78 is 5.68. The highest BCUT2D eigenvalue weighted by Crippen LogP contribution is 2.30. The summed E-state index contributed by atoms with van der Waals surface area (Å²) in [6.45, 7) is 4.04. The SMILES string of the molecule is Clc1cc(Oc2ccc(N3CCNCC3)cc2)c(Cl)nn1. The Morgan fingerprint density at radius 1 is 1.05 bits per heavy atom. The monoisotopic (exact) mass is 324 g/mol. The Kier molecular flexibility index (Phi) is 4.43. The van der Waals surface area contributed by atoms with Gasteiger partial charge < -0.3 is 15.0 Å². The van der Waals surface area contributed by atoms with Crippen LogP contribution >= 0.6 is 23.2 Å². The van der Waals surface area contributed by atoms with Gasteiger partial charge in [-0.05, 0) is 24.3 Å². The zero-order valence-electron chi connectivity index (χ0n) is 11.2. The van der Waals surface area contributed by atoms with Gasteiger partial charge in [0.2, 0.25) is 0 Å². The van der Waals surface area contributed by atoms with E-state index in [0.717, 1.165) is 26.2 Å². The summed E-state index contributed by atoms with van der Waals surface area (Å²) in [6, 6.07) is 9.42. The molecule has 21 heavy (non-hydrogen) atoms. The molecule has 5 nitrogen and oxygen atoms in total. The van der Waals surface area contributed by atoms with E-state index in [2.05, 4.69) is 20.4 Å². The molecule has 2 aromatic rings. The highest BCUT2D eigenvalue weighted by molar-refractivity contribution is 6.32. The van der Waals surface area contributed by atoms with Crippen molar-refractivity contribution in [1.82, 2.24) is 15.5 Å². The van der Waals surface area contributed by atoms with Crippen molar-refractivity contribution in [2.75, 3.05) is 31.1 Å². The number of ether oxygens (including phenoxy) is 1. The minimum atomic E-state index is 0.186. The predicted octanol–water partition coefficient (Wildman–Crippen LogP) is 2.99. The van der Waals surface area contributed by atoms with Gasteiger partial charge in [-0.15, -0.1) is 10.2 Å². The number of aromatic nitrogens is 2.